The maximum atomic E-state index is 11.9. The first-order valence-corrected chi connectivity index (χ1v) is 5.79. The van der Waals surface area contributed by atoms with Gasteiger partial charge in [-0.15, -0.1) is 0 Å². The van der Waals surface area contributed by atoms with Gasteiger partial charge in [-0.25, -0.2) is 4.98 Å². The second kappa shape index (κ2) is 5.70. The quantitative estimate of drug-likeness (QED) is 0.833. The molecule has 0 unspecified atom stereocenters. The van der Waals surface area contributed by atoms with Crippen LogP contribution in [-0.2, 0) is 28.9 Å². The third-order valence-corrected chi connectivity index (χ3v) is 2.63. The number of alkyl halides is 3. The maximum Gasteiger partial charge on any atom is 0.411 e. The number of aromatic amines is 1. The first-order chi connectivity index (χ1) is 8.96. The number of nitrogens with one attached hydrogen (secondary N) is 1. The number of fused-ring (bicyclic) bond motifs is 1. The van der Waals surface area contributed by atoms with Crippen LogP contribution in [0.3, 0.4) is 0 Å². The summed E-state index contributed by atoms with van der Waals surface area (Å²) in [6.07, 6.45) is -3.66. The van der Waals surface area contributed by atoms with Crippen LogP contribution in [0.5, 0.6) is 0 Å². The van der Waals surface area contributed by atoms with Crippen LogP contribution in [0.25, 0.3) is 0 Å². The zero-order valence-electron chi connectivity index (χ0n) is 10.0. The fourth-order valence-corrected chi connectivity index (χ4v) is 1.77. The molecule has 0 spiro atoms. The molecule has 2 heterocycles. The fraction of sp³-hybridized carbons (Fsp3) is 0.636. The summed E-state index contributed by atoms with van der Waals surface area (Å²) in [5.41, 5.74) is 0.850. The number of rotatable bonds is 4. The number of ether oxygens (including phenoxy) is 2. The van der Waals surface area contributed by atoms with Crippen LogP contribution >= 0.6 is 0 Å². The van der Waals surface area contributed by atoms with Crippen LogP contribution in [0.1, 0.15) is 17.1 Å². The van der Waals surface area contributed by atoms with Gasteiger partial charge in [-0.3, -0.25) is 4.79 Å². The largest absolute Gasteiger partial charge is 0.411 e. The lowest BCUT2D eigenvalue weighted by atomic mass is 10.1. The van der Waals surface area contributed by atoms with E-state index in [1.807, 2.05) is 0 Å². The van der Waals surface area contributed by atoms with Crippen molar-refractivity contribution in [1.82, 2.24) is 9.97 Å². The van der Waals surface area contributed by atoms with Crippen molar-refractivity contribution in [3.8, 4) is 0 Å². The Labute approximate surface area is 106 Å². The molecule has 0 saturated carbocycles. The third-order valence-electron chi connectivity index (χ3n) is 2.63. The lowest BCUT2D eigenvalue weighted by Gasteiger charge is -2.15. The van der Waals surface area contributed by atoms with E-state index in [1.165, 1.54) is 0 Å². The highest BCUT2D eigenvalue weighted by Crippen LogP contribution is 2.14. The average molecular weight is 278 g/mol. The Hall–Kier alpha value is -1.41. The van der Waals surface area contributed by atoms with Gasteiger partial charge in [0.1, 0.15) is 12.4 Å². The van der Waals surface area contributed by atoms with Crippen LogP contribution in [0.15, 0.2) is 4.79 Å². The molecule has 0 radical (unpaired) electrons. The van der Waals surface area contributed by atoms with Gasteiger partial charge >= 0.3 is 6.18 Å². The number of halogens is 3. The van der Waals surface area contributed by atoms with E-state index in [9.17, 15) is 18.0 Å². The molecule has 0 saturated heterocycles. The molecule has 1 aromatic heterocycles. The van der Waals surface area contributed by atoms with E-state index in [-0.39, 0.29) is 25.2 Å². The van der Waals surface area contributed by atoms with Gasteiger partial charge in [0.05, 0.1) is 31.1 Å². The third kappa shape index (κ3) is 4.03. The first kappa shape index (κ1) is 14.0. The second-order valence-electron chi connectivity index (χ2n) is 4.16. The fourth-order valence-electron chi connectivity index (χ4n) is 1.77. The minimum Gasteiger partial charge on any atom is -0.376 e. The summed E-state index contributed by atoms with van der Waals surface area (Å²) in [6.45, 7) is -0.719. The number of hydrogen-bond acceptors (Lipinski definition) is 4. The predicted molar refractivity (Wildman–Crippen MR) is 58.8 cm³/mol. The Morgan fingerprint density at radius 1 is 1.42 bits per heavy atom. The predicted octanol–water partition coefficient (Wildman–Crippen LogP) is 0.964. The Balaban J connectivity index is 1.94. The van der Waals surface area contributed by atoms with Gasteiger partial charge in [-0.05, 0) is 0 Å². The summed E-state index contributed by atoms with van der Waals surface area (Å²) >= 11 is 0. The molecule has 0 atom stereocenters. The minimum absolute atomic E-state index is 0.138. The van der Waals surface area contributed by atoms with Crippen LogP contribution < -0.4 is 5.56 Å². The number of aromatic nitrogens is 2. The number of H-pyrrole nitrogens is 1. The first-order valence-electron chi connectivity index (χ1n) is 5.79. The summed E-state index contributed by atoms with van der Waals surface area (Å²) in [4.78, 5) is 18.4. The van der Waals surface area contributed by atoms with E-state index < -0.39 is 12.8 Å². The number of nitrogens with zero attached hydrogens (tertiary/aromatic N) is 1. The monoisotopic (exact) mass is 278 g/mol. The van der Waals surface area contributed by atoms with Gasteiger partial charge in [0.25, 0.3) is 5.56 Å². The smallest absolute Gasteiger partial charge is 0.376 e. The van der Waals surface area contributed by atoms with Crippen molar-refractivity contribution in [1.29, 1.82) is 0 Å². The normalized spacial score (nSPS) is 15.3. The summed E-state index contributed by atoms with van der Waals surface area (Å²) in [5, 5.41) is 0. The highest BCUT2D eigenvalue weighted by Gasteiger charge is 2.27. The van der Waals surface area contributed by atoms with E-state index in [0.29, 0.717) is 30.1 Å². The topological polar surface area (TPSA) is 64.2 Å². The zero-order chi connectivity index (χ0) is 13.9. The van der Waals surface area contributed by atoms with Gasteiger partial charge in [0.2, 0.25) is 0 Å². The van der Waals surface area contributed by atoms with Gasteiger partial charge in [-0.1, -0.05) is 0 Å². The molecule has 1 aliphatic rings. The van der Waals surface area contributed by atoms with Crippen molar-refractivity contribution in [3.63, 3.8) is 0 Å². The molecule has 0 bridgehead atoms. The van der Waals surface area contributed by atoms with Crippen LogP contribution in [-0.4, -0.2) is 36.0 Å². The van der Waals surface area contributed by atoms with E-state index >= 15 is 0 Å². The highest BCUT2D eigenvalue weighted by atomic mass is 19.4. The van der Waals surface area contributed by atoms with Crippen molar-refractivity contribution >= 4 is 0 Å². The molecule has 8 heteroatoms. The molecule has 2 rings (SSSR count). The lowest BCUT2D eigenvalue weighted by molar-refractivity contribution is -0.173. The molecular formula is C11H13F3N2O3. The van der Waals surface area contributed by atoms with E-state index in [2.05, 4.69) is 14.7 Å². The van der Waals surface area contributed by atoms with E-state index in [4.69, 9.17) is 4.74 Å². The van der Waals surface area contributed by atoms with E-state index in [1.54, 1.807) is 0 Å². The SMILES string of the molecule is O=c1[nH]c(CCOCC(F)(F)F)nc2c1COCC2. The Morgan fingerprint density at radius 3 is 2.95 bits per heavy atom. The van der Waals surface area contributed by atoms with Gasteiger partial charge in [0, 0.05) is 12.8 Å². The van der Waals surface area contributed by atoms with Crippen molar-refractivity contribution < 1.29 is 22.6 Å². The average Bonchev–Trinajstić information content (AvgIpc) is 2.34. The standard InChI is InChI=1S/C11H13F3N2O3/c12-11(13,14)6-19-4-2-9-15-8-1-3-18-5-7(8)10(17)16-9/h1-6H2,(H,15,16,17). The van der Waals surface area contributed by atoms with Gasteiger partial charge < -0.3 is 14.5 Å². The van der Waals surface area contributed by atoms with Gasteiger partial charge in [-0.2, -0.15) is 13.2 Å². The molecule has 0 amide bonds. The molecule has 1 aromatic rings. The molecule has 19 heavy (non-hydrogen) atoms. The molecule has 0 aromatic carbocycles. The van der Waals surface area contributed by atoms with Crippen LogP contribution in [0.4, 0.5) is 13.2 Å². The second-order valence-corrected chi connectivity index (χ2v) is 4.16. The van der Waals surface area contributed by atoms with Crippen molar-refractivity contribution in [2.24, 2.45) is 0 Å². The molecule has 0 aliphatic carbocycles. The van der Waals surface area contributed by atoms with Crippen molar-refractivity contribution in [2.75, 3.05) is 19.8 Å². The molecule has 5 nitrogen and oxygen atoms in total. The summed E-state index contributed by atoms with van der Waals surface area (Å²) < 4.78 is 45.2. The minimum atomic E-state index is -4.34. The van der Waals surface area contributed by atoms with Crippen molar-refractivity contribution in [3.05, 3.63) is 27.4 Å². The van der Waals surface area contributed by atoms with Crippen LogP contribution in [0.2, 0.25) is 0 Å². The molecule has 0 fully saturated rings. The summed E-state index contributed by atoms with van der Waals surface area (Å²) in [6, 6.07) is 0. The number of hydrogen-bond donors (Lipinski definition) is 1. The van der Waals surface area contributed by atoms with Crippen LogP contribution in [0, 0.1) is 0 Å². The summed E-state index contributed by atoms with van der Waals surface area (Å²) in [5.74, 6) is 0.341. The van der Waals surface area contributed by atoms with Crippen molar-refractivity contribution in [2.45, 2.75) is 25.6 Å². The Morgan fingerprint density at radius 2 is 2.21 bits per heavy atom. The Bertz CT molecular complexity index is 499. The Kier molecular flexibility index (Phi) is 4.20. The summed E-state index contributed by atoms with van der Waals surface area (Å²) in [7, 11) is 0. The molecular weight excluding hydrogens is 265 g/mol. The molecule has 106 valence electrons. The van der Waals surface area contributed by atoms with Gasteiger partial charge in [0.15, 0.2) is 0 Å². The maximum absolute atomic E-state index is 11.9. The molecule has 1 aliphatic heterocycles. The lowest BCUT2D eigenvalue weighted by Crippen LogP contribution is -2.26. The highest BCUT2D eigenvalue weighted by molar-refractivity contribution is 5.19. The van der Waals surface area contributed by atoms with E-state index in [0.717, 1.165) is 0 Å². The zero-order valence-corrected chi connectivity index (χ0v) is 10.0. The molecule has 1 N–H and O–H groups in total.